The summed E-state index contributed by atoms with van der Waals surface area (Å²) in [5, 5.41) is 4.10. The quantitative estimate of drug-likeness (QED) is 0.841. The van der Waals surface area contributed by atoms with Gasteiger partial charge in [0.1, 0.15) is 0 Å². The number of nitrogens with one attached hydrogen (secondary N) is 1. The second kappa shape index (κ2) is 8.13. The van der Waals surface area contributed by atoms with Crippen LogP contribution in [-0.4, -0.2) is 11.0 Å². The third kappa shape index (κ3) is 5.84. The van der Waals surface area contributed by atoms with E-state index in [1.165, 1.54) is 5.56 Å². The van der Waals surface area contributed by atoms with Crippen molar-refractivity contribution in [1.82, 2.24) is 10.3 Å². The zero-order valence-corrected chi connectivity index (χ0v) is 13.2. The van der Waals surface area contributed by atoms with Gasteiger partial charge in [0.25, 0.3) is 0 Å². The van der Waals surface area contributed by atoms with Crippen molar-refractivity contribution in [3.63, 3.8) is 0 Å². The molecule has 0 saturated carbocycles. The fraction of sp³-hybridized carbons (Fsp3) is 0.353. The number of pyridine rings is 1. The Balaban J connectivity index is 1.78. The molecule has 0 bridgehead atoms. The largest absolute Gasteiger partial charge is 0.370 e. The molecule has 0 fully saturated rings. The van der Waals surface area contributed by atoms with Crippen LogP contribution in [0.2, 0.25) is 5.02 Å². The van der Waals surface area contributed by atoms with Crippen molar-refractivity contribution in [3.8, 4) is 0 Å². The van der Waals surface area contributed by atoms with Crippen LogP contribution < -0.4 is 5.32 Å². The van der Waals surface area contributed by atoms with E-state index >= 15 is 0 Å². The molecule has 0 aliphatic heterocycles. The topological polar surface area (TPSA) is 34.1 Å². The van der Waals surface area contributed by atoms with Gasteiger partial charge in [-0.15, -0.1) is 0 Å². The average molecular weight is 305 g/mol. The maximum absolute atomic E-state index is 5.94. The molecule has 0 radical (unpaired) electrons. The Kier molecular flexibility index (Phi) is 6.18. The van der Waals surface area contributed by atoms with E-state index in [2.05, 4.69) is 30.2 Å². The molecule has 0 amide bonds. The van der Waals surface area contributed by atoms with E-state index in [1.807, 2.05) is 36.5 Å². The maximum atomic E-state index is 5.94. The van der Waals surface area contributed by atoms with Crippen LogP contribution in [0.1, 0.15) is 30.7 Å². The lowest BCUT2D eigenvalue weighted by molar-refractivity contribution is 0.104. The Bertz CT molecular complexity index is 555. The minimum atomic E-state index is 0.478. The van der Waals surface area contributed by atoms with Crippen molar-refractivity contribution in [2.24, 2.45) is 0 Å². The Hall–Kier alpha value is -1.42. The molecule has 0 spiro atoms. The number of hydrogen-bond donors (Lipinski definition) is 1. The lowest BCUT2D eigenvalue weighted by atomic mass is 10.2. The molecule has 3 nitrogen and oxygen atoms in total. The molecule has 0 aliphatic carbocycles. The summed E-state index contributed by atoms with van der Waals surface area (Å²) in [5.41, 5.74) is 3.19. The first-order valence-electron chi connectivity index (χ1n) is 7.13. The predicted octanol–water partition coefficient (Wildman–Crippen LogP) is 3.95. The van der Waals surface area contributed by atoms with Crippen LogP contribution in [0.4, 0.5) is 0 Å². The molecule has 2 aromatic rings. The molecule has 112 valence electrons. The highest BCUT2D eigenvalue weighted by Gasteiger charge is 1.99. The molecule has 0 atom stereocenters. The van der Waals surface area contributed by atoms with Gasteiger partial charge in [-0.3, -0.25) is 4.98 Å². The summed E-state index contributed by atoms with van der Waals surface area (Å²) in [7, 11) is 0. The first-order valence-corrected chi connectivity index (χ1v) is 7.50. The van der Waals surface area contributed by atoms with E-state index in [-0.39, 0.29) is 0 Å². The predicted molar refractivity (Wildman–Crippen MR) is 86.2 cm³/mol. The van der Waals surface area contributed by atoms with Gasteiger partial charge in [0.15, 0.2) is 0 Å². The molecule has 1 N–H and O–H groups in total. The summed E-state index contributed by atoms with van der Waals surface area (Å²) in [6.07, 6.45) is 1.90. The van der Waals surface area contributed by atoms with Crippen LogP contribution in [0.15, 0.2) is 42.6 Å². The number of nitrogens with zero attached hydrogens (tertiary/aromatic N) is 1. The van der Waals surface area contributed by atoms with Crippen LogP contribution in [0.3, 0.4) is 0 Å². The summed E-state index contributed by atoms with van der Waals surface area (Å²) < 4.78 is 5.66. The van der Waals surface area contributed by atoms with Crippen molar-refractivity contribution in [1.29, 1.82) is 0 Å². The summed E-state index contributed by atoms with van der Waals surface area (Å²) in [6, 6.07) is 12.3. The summed E-state index contributed by atoms with van der Waals surface area (Å²) in [6.45, 7) is 6.15. The fourth-order valence-electron chi connectivity index (χ4n) is 1.87. The van der Waals surface area contributed by atoms with Gasteiger partial charge in [-0.25, -0.2) is 0 Å². The van der Waals surface area contributed by atoms with E-state index in [0.29, 0.717) is 19.3 Å². The van der Waals surface area contributed by atoms with E-state index in [1.54, 1.807) is 0 Å². The SMILES string of the molecule is CC(C)NCc1ccc(COCc2cccc(Cl)c2)nc1. The Morgan fingerprint density at radius 3 is 2.67 bits per heavy atom. The second-order valence-corrected chi connectivity index (χ2v) is 5.75. The van der Waals surface area contributed by atoms with Gasteiger partial charge in [-0.1, -0.05) is 43.6 Å². The lowest BCUT2D eigenvalue weighted by Gasteiger charge is -2.08. The summed E-state index contributed by atoms with van der Waals surface area (Å²) in [5.74, 6) is 0. The average Bonchev–Trinajstić information content (AvgIpc) is 2.46. The maximum Gasteiger partial charge on any atom is 0.0892 e. The van der Waals surface area contributed by atoms with E-state index < -0.39 is 0 Å². The van der Waals surface area contributed by atoms with Crippen molar-refractivity contribution in [2.75, 3.05) is 0 Å². The molecular formula is C17H21ClN2O. The number of halogens is 1. The molecule has 1 aromatic heterocycles. The van der Waals surface area contributed by atoms with Crippen LogP contribution in [0.25, 0.3) is 0 Å². The number of benzene rings is 1. The summed E-state index contributed by atoms with van der Waals surface area (Å²) >= 11 is 5.94. The normalized spacial score (nSPS) is 11.0. The molecule has 21 heavy (non-hydrogen) atoms. The molecule has 4 heteroatoms. The zero-order valence-electron chi connectivity index (χ0n) is 12.5. The van der Waals surface area contributed by atoms with Crippen LogP contribution >= 0.6 is 11.6 Å². The van der Waals surface area contributed by atoms with Gasteiger partial charge >= 0.3 is 0 Å². The minimum absolute atomic E-state index is 0.478. The molecule has 0 aliphatic rings. The molecular weight excluding hydrogens is 284 g/mol. The highest BCUT2D eigenvalue weighted by atomic mass is 35.5. The molecule has 1 heterocycles. The van der Waals surface area contributed by atoms with E-state index in [0.717, 1.165) is 22.8 Å². The number of aromatic nitrogens is 1. The number of hydrogen-bond acceptors (Lipinski definition) is 3. The van der Waals surface area contributed by atoms with Gasteiger partial charge in [-0.2, -0.15) is 0 Å². The van der Waals surface area contributed by atoms with Crippen molar-refractivity contribution in [2.45, 2.75) is 39.6 Å². The highest BCUT2D eigenvalue weighted by molar-refractivity contribution is 6.30. The fourth-order valence-corrected chi connectivity index (χ4v) is 2.08. The molecule has 0 saturated heterocycles. The van der Waals surface area contributed by atoms with Crippen molar-refractivity contribution < 1.29 is 4.74 Å². The zero-order chi connectivity index (χ0) is 15.1. The third-order valence-corrected chi connectivity index (χ3v) is 3.24. The lowest BCUT2D eigenvalue weighted by Crippen LogP contribution is -2.21. The Morgan fingerprint density at radius 1 is 1.14 bits per heavy atom. The van der Waals surface area contributed by atoms with Crippen LogP contribution in [-0.2, 0) is 24.5 Å². The monoisotopic (exact) mass is 304 g/mol. The summed E-state index contributed by atoms with van der Waals surface area (Å²) in [4.78, 5) is 4.41. The van der Waals surface area contributed by atoms with E-state index in [4.69, 9.17) is 16.3 Å². The first-order chi connectivity index (χ1) is 10.1. The molecule has 1 aromatic carbocycles. The van der Waals surface area contributed by atoms with Crippen molar-refractivity contribution >= 4 is 11.6 Å². The Labute approximate surface area is 131 Å². The smallest absolute Gasteiger partial charge is 0.0892 e. The molecule has 2 rings (SSSR count). The van der Waals surface area contributed by atoms with Gasteiger partial charge in [0, 0.05) is 23.8 Å². The van der Waals surface area contributed by atoms with E-state index in [9.17, 15) is 0 Å². The number of rotatable bonds is 7. The second-order valence-electron chi connectivity index (χ2n) is 5.32. The van der Waals surface area contributed by atoms with Gasteiger partial charge in [0.05, 0.1) is 18.9 Å². The van der Waals surface area contributed by atoms with Gasteiger partial charge in [0.2, 0.25) is 0 Å². The first kappa shape index (κ1) is 16.0. The Morgan fingerprint density at radius 2 is 2.00 bits per heavy atom. The van der Waals surface area contributed by atoms with Crippen molar-refractivity contribution in [3.05, 3.63) is 64.4 Å². The third-order valence-electron chi connectivity index (χ3n) is 3.01. The van der Waals surface area contributed by atoms with Crippen LogP contribution in [0, 0.1) is 0 Å². The van der Waals surface area contributed by atoms with Gasteiger partial charge in [-0.05, 0) is 29.3 Å². The minimum Gasteiger partial charge on any atom is -0.370 e. The highest BCUT2D eigenvalue weighted by Crippen LogP contribution is 2.12. The van der Waals surface area contributed by atoms with Gasteiger partial charge < -0.3 is 10.1 Å². The standard InChI is InChI=1S/C17H21ClN2O/c1-13(2)19-9-15-6-7-17(20-10-15)12-21-11-14-4-3-5-16(18)8-14/h3-8,10,13,19H,9,11-12H2,1-2H3. The number of ether oxygens (including phenoxy) is 1. The van der Waals surface area contributed by atoms with Crippen LogP contribution in [0.5, 0.6) is 0 Å². The molecule has 0 unspecified atom stereocenters.